The molecule has 0 fully saturated rings. The number of fused-ring (bicyclic) bond motifs is 1. The Balaban J connectivity index is 1.73. The molecule has 0 saturated heterocycles. The fourth-order valence-corrected chi connectivity index (χ4v) is 3.92. The van der Waals surface area contributed by atoms with Crippen molar-refractivity contribution >= 4 is 23.5 Å². The van der Waals surface area contributed by atoms with E-state index in [1.54, 1.807) is 38.5 Å². The highest BCUT2D eigenvalue weighted by Gasteiger charge is 2.34. The summed E-state index contributed by atoms with van der Waals surface area (Å²) < 4.78 is 16.6. The number of imide groups is 1. The van der Waals surface area contributed by atoms with Gasteiger partial charge in [0.15, 0.2) is 11.5 Å². The van der Waals surface area contributed by atoms with Gasteiger partial charge in [0.1, 0.15) is 5.75 Å². The molecule has 0 saturated carbocycles. The van der Waals surface area contributed by atoms with Crippen LogP contribution in [0, 0.1) is 5.92 Å². The van der Waals surface area contributed by atoms with Gasteiger partial charge in [-0.25, -0.2) is 0 Å². The van der Waals surface area contributed by atoms with Crippen LogP contribution in [0.1, 0.15) is 40.9 Å². The molecule has 1 aliphatic heterocycles. The molecule has 4 rings (SSSR count). The van der Waals surface area contributed by atoms with E-state index in [2.05, 4.69) is 13.8 Å². The van der Waals surface area contributed by atoms with Gasteiger partial charge in [-0.2, -0.15) is 0 Å². The van der Waals surface area contributed by atoms with Gasteiger partial charge in [-0.05, 0) is 59.0 Å². The number of amides is 2. The Bertz CT molecular complexity index is 1260. The maximum Gasteiger partial charge on any atom is 0.261 e. The van der Waals surface area contributed by atoms with Crippen LogP contribution in [0.5, 0.6) is 17.2 Å². The highest BCUT2D eigenvalue weighted by molar-refractivity contribution is 6.33. The van der Waals surface area contributed by atoms with Crippen LogP contribution in [-0.2, 0) is 11.3 Å². The number of benzene rings is 3. The van der Waals surface area contributed by atoms with E-state index in [1.165, 1.54) is 4.90 Å². The van der Waals surface area contributed by atoms with E-state index in [4.69, 9.17) is 14.2 Å². The molecule has 0 atom stereocenters. The van der Waals surface area contributed by atoms with Crippen molar-refractivity contribution in [3.8, 4) is 17.2 Å². The van der Waals surface area contributed by atoms with Crippen LogP contribution in [0.25, 0.3) is 11.6 Å². The van der Waals surface area contributed by atoms with E-state index < -0.39 is 0 Å². The average Bonchev–Trinajstić information content (AvgIpc) is 2.88. The predicted molar refractivity (Wildman–Crippen MR) is 136 cm³/mol. The SMILES string of the molecule is COc1ccc(CN2C(=O)/C(=C\c3ccc(OC)c(OCC(C)C)c3)c3ccccc3C2=O)cc1. The fourth-order valence-electron chi connectivity index (χ4n) is 3.92. The number of rotatable bonds is 8. The van der Waals surface area contributed by atoms with E-state index >= 15 is 0 Å². The van der Waals surface area contributed by atoms with Crippen LogP contribution in [-0.4, -0.2) is 37.5 Å². The summed E-state index contributed by atoms with van der Waals surface area (Å²) in [6.45, 7) is 4.86. The lowest BCUT2D eigenvalue weighted by Crippen LogP contribution is -2.41. The number of hydrogen-bond donors (Lipinski definition) is 0. The van der Waals surface area contributed by atoms with Crippen LogP contribution in [0.15, 0.2) is 66.7 Å². The number of carbonyl (C=O) groups is 2. The van der Waals surface area contributed by atoms with Crippen LogP contribution in [0.3, 0.4) is 0 Å². The normalized spacial score (nSPS) is 14.3. The van der Waals surface area contributed by atoms with E-state index in [9.17, 15) is 9.59 Å². The minimum Gasteiger partial charge on any atom is -0.497 e. The van der Waals surface area contributed by atoms with Crippen molar-refractivity contribution in [2.75, 3.05) is 20.8 Å². The zero-order valence-electron chi connectivity index (χ0n) is 20.4. The monoisotopic (exact) mass is 471 g/mol. The summed E-state index contributed by atoms with van der Waals surface area (Å²) in [4.78, 5) is 28.2. The van der Waals surface area contributed by atoms with E-state index in [-0.39, 0.29) is 18.4 Å². The van der Waals surface area contributed by atoms with Gasteiger partial charge in [-0.3, -0.25) is 14.5 Å². The topological polar surface area (TPSA) is 65.1 Å². The van der Waals surface area contributed by atoms with Crippen LogP contribution in [0.4, 0.5) is 0 Å². The molecule has 0 N–H and O–H groups in total. The Hall–Kier alpha value is -4.06. The van der Waals surface area contributed by atoms with E-state index in [0.717, 1.165) is 11.1 Å². The van der Waals surface area contributed by atoms with Crippen molar-refractivity contribution in [3.63, 3.8) is 0 Å². The third kappa shape index (κ3) is 5.22. The minimum absolute atomic E-state index is 0.165. The third-order valence-corrected chi connectivity index (χ3v) is 5.74. The molecule has 180 valence electrons. The summed E-state index contributed by atoms with van der Waals surface area (Å²) in [5, 5.41) is 0. The molecule has 0 bridgehead atoms. The standard InChI is InChI=1S/C29H29NO5/c1-19(2)18-35-27-16-21(11-14-26(27)34-4)15-25-23-7-5-6-8-24(23)28(31)30(29(25)32)17-20-9-12-22(33-3)13-10-20/h5-16,19H,17-18H2,1-4H3/b25-15-. The molecule has 0 aliphatic carbocycles. The summed E-state index contributed by atoms with van der Waals surface area (Å²) in [5.74, 6) is 1.65. The maximum atomic E-state index is 13.6. The third-order valence-electron chi connectivity index (χ3n) is 5.74. The van der Waals surface area contributed by atoms with Gasteiger partial charge in [-0.1, -0.05) is 50.2 Å². The molecule has 3 aromatic rings. The minimum atomic E-state index is -0.343. The van der Waals surface area contributed by atoms with Crippen molar-refractivity contribution < 1.29 is 23.8 Å². The summed E-state index contributed by atoms with van der Waals surface area (Å²) >= 11 is 0. The number of carbonyl (C=O) groups excluding carboxylic acids is 2. The molecule has 0 radical (unpaired) electrons. The molecular formula is C29H29NO5. The quantitative estimate of drug-likeness (QED) is 0.322. The molecule has 2 amide bonds. The highest BCUT2D eigenvalue weighted by atomic mass is 16.5. The second-order valence-electron chi connectivity index (χ2n) is 8.76. The van der Waals surface area contributed by atoms with Crippen molar-refractivity contribution in [1.29, 1.82) is 0 Å². The van der Waals surface area contributed by atoms with Gasteiger partial charge in [-0.15, -0.1) is 0 Å². The van der Waals surface area contributed by atoms with Crippen molar-refractivity contribution in [2.24, 2.45) is 5.92 Å². The van der Waals surface area contributed by atoms with Gasteiger partial charge >= 0.3 is 0 Å². The number of ether oxygens (including phenoxy) is 3. The number of methoxy groups -OCH3 is 2. The van der Waals surface area contributed by atoms with Gasteiger partial charge in [0.2, 0.25) is 0 Å². The molecule has 35 heavy (non-hydrogen) atoms. The first kappa shape index (κ1) is 24.1. The average molecular weight is 472 g/mol. The summed E-state index contributed by atoms with van der Waals surface area (Å²) in [6, 6.07) is 20.1. The van der Waals surface area contributed by atoms with Crippen molar-refractivity contribution in [1.82, 2.24) is 4.90 Å². The fraction of sp³-hybridized carbons (Fsp3) is 0.241. The van der Waals surface area contributed by atoms with Crippen molar-refractivity contribution in [3.05, 3.63) is 89.0 Å². The van der Waals surface area contributed by atoms with Crippen LogP contribution < -0.4 is 14.2 Å². The lowest BCUT2D eigenvalue weighted by Gasteiger charge is -2.29. The number of nitrogens with zero attached hydrogens (tertiary/aromatic N) is 1. The van der Waals surface area contributed by atoms with Gasteiger partial charge in [0.25, 0.3) is 11.8 Å². The van der Waals surface area contributed by atoms with Gasteiger partial charge in [0.05, 0.1) is 27.4 Å². The Morgan fingerprint density at radius 1 is 0.829 bits per heavy atom. The second kappa shape index (κ2) is 10.5. The van der Waals surface area contributed by atoms with Crippen LogP contribution in [0.2, 0.25) is 0 Å². The Morgan fingerprint density at radius 3 is 2.20 bits per heavy atom. The second-order valence-corrected chi connectivity index (χ2v) is 8.76. The Kier molecular flexibility index (Phi) is 7.20. The maximum absolute atomic E-state index is 13.6. The van der Waals surface area contributed by atoms with Gasteiger partial charge in [0, 0.05) is 11.1 Å². The molecule has 0 unspecified atom stereocenters. The molecule has 0 spiro atoms. The first-order chi connectivity index (χ1) is 16.9. The number of hydrogen-bond acceptors (Lipinski definition) is 5. The summed E-state index contributed by atoms with van der Waals surface area (Å²) in [6.07, 6.45) is 1.80. The molecule has 6 nitrogen and oxygen atoms in total. The molecule has 3 aromatic carbocycles. The first-order valence-electron chi connectivity index (χ1n) is 11.5. The first-order valence-corrected chi connectivity index (χ1v) is 11.5. The predicted octanol–water partition coefficient (Wildman–Crippen LogP) is 5.46. The lowest BCUT2D eigenvalue weighted by atomic mass is 9.91. The lowest BCUT2D eigenvalue weighted by molar-refractivity contribution is -0.123. The van der Waals surface area contributed by atoms with Gasteiger partial charge < -0.3 is 14.2 Å². The molecule has 0 aromatic heterocycles. The van der Waals surface area contributed by atoms with Crippen molar-refractivity contribution in [2.45, 2.75) is 20.4 Å². The largest absolute Gasteiger partial charge is 0.497 e. The van der Waals surface area contributed by atoms with E-state index in [0.29, 0.717) is 46.5 Å². The molecule has 1 heterocycles. The Morgan fingerprint density at radius 2 is 1.54 bits per heavy atom. The molecule has 1 aliphatic rings. The molecular weight excluding hydrogens is 442 g/mol. The smallest absolute Gasteiger partial charge is 0.261 e. The van der Waals surface area contributed by atoms with Crippen LogP contribution >= 0.6 is 0 Å². The van der Waals surface area contributed by atoms with E-state index in [1.807, 2.05) is 48.5 Å². The highest BCUT2D eigenvalue weighted by Crippen LogP contribution is 2.34. The summed E-state index contributed by atoms with van der Waals surface area (Å²) in [5.41, 5.74) is 3.18. The zero-order valence-corrected chi connectivity index (χ0v) is 20.4. The summed E-state index contributed by atoms with van der Waals surface area (Å²) in [7, 11) is 3.19. The zero-order chi connectivity index (χ0) is 24.9. The molecule has 6 heteroatoms. The Labute approximate surface area is 205 Å².